The van der Waals surface area contributed by atoms with Gasteiger partial charge in [0.15, 0.2) is 15.8 Å². The highest BCUT2D eigenvalue weighted by Gasteiger charge is 2.21. The molecule has 1 heterocycles. The molecule has 9 nitrogen and oxygen atoms in total. The van der Waals surface area contributed by atoms with Crippen LogP contribution in [0.3, 0.4) is 0 Å². The number of aliphatic imine (C=N–C) groups is 1. The van der Waals surface area contributed by atoms with Gasteiger partial charge in [0.1, 0.15) is 0 Å². The first kappa shape index (κ1) is 17.3. The number of sulfone groups is 1. The first-order valence-corrected chi connectivity index (χ1v) is 8.53. The van der Waals surface area contributed by atoms with Crippen LogP contribution in [0.2, 0.25) is 0 Å². The Kier molecular flexibility index (Phi) is 4.51. The number of benzene rings is 1. The van der Waals surface area contributed by atoms with Crippen molar-refractivity contribution in [2.24, 2.45) is 16.5 Å². The molecule has 0 atom stereocenters. The number of aromatic amines is 1. The van der Waals surface area contributed by atoms with Gasteiger partial charge in [0.2, 0.25) is 0 Å². The summed E-state index contributed by atoms with van der Waals surface area (Å²) in [6.07, 6.45) is 1.00. The number of carbonyl (C=O) groups is 1. The largest absolute Gasteiger partial charge is 0.370 e. The number of aromatic nitrogens is 2. The molecule has 1 aromatic carbocycles. The number of hydrogen-bond acceptors (Lipinski definition) is 5. The van der Waals surface area contributed by atoms with Gasteiger partial charge in [-0.3, -0.25) is 9.59 Å². The summed E-state index contributed by atoms with van der Waals surface area (Å²) in [5.41, 5.74) is 11.0. The molecule has 0 radical (unpaired) electrons. The number of hydrogen-bond donors (Lipinski definition) is 3. The Labute approximate surface area is 137 Å². The van der Waals surface area contributed by atoms with Crippen molar-refractivity contribution < 1.29 is 13.2 Å². The minimum atomic E-state index is -3.69. The van der Waals surface area contributed by atoms with Crippen LogP contribution in [-0.4, -0.2) is 36.7 Å². The zero-order valence-corrected chi connectivity index (χ0v) is 13.7. The molecule has 10 heteroatoms. The number of nitrogens with one attached hydrogen (secondary N) is 1. The second-order valence-electron chi connectivity index (χ2n) is 5.08. The maximum atomic E-state index is 12.1. The first-order chi connectivity index (χ1) is 11.1. The molecule has 0 bridgehead atoms. The van der Waals surface area contributed by atoms with E-state index in [9.17, 15) is 18.0 Å². The summed E-state index contributed by atoms with van der Waals surface area (Å²) < 4.78 is 24.2. The van der Waals surface area contributed by atoms with Gasteiger partial charge in [-0.2, -0.15) is 10.1 Å². The van der Waals surface area contributed by atoms with Crippen molar-refractivity contribution in [3.8, 4) is 11.3 Å². The van der Waals surface area contributed by atoms with E-state index in [4.69, 9.17) is 11.5 Å². The van der Waals surface area contributed by atoms with Crippen LogP contribution in [0, 0.1) is 6.92 Å². The zero-order chi connectivity index (χ0) is 18.1. The maximum absolute atomic E-state index is 12.1. The molecule has 0 unspecified atom stereocenters. The predicted molar refractivity (Wildman–Crippen MR) is 88.3 cm³/mol. The average Bonchev–Trinajstić information content (AvgIpc) is 2.45. The monoisotopic (exact) mass is 349 g/mol. The van der Waals surface area contributed by atoms with Crippen molar-refractivity contribution in [1.29, 1.82) is 0 Å². The SMILES string of the molecule is Cc1cc(-c2ccc(=O)[nH]n2)c(S(C)(=O)=O)cc1C(=O)N=C(N)N. The molecule has 1 amide bonds. The summed E-state index contributed by atoms with van der Waals surface area (Å²) in [6.45, 7) is 1.61. The third-order valence-electron chi connectivity index (χ3n) is 3.14. The van der Waals surface area contributed by atoms with Gasteiger partial charge < -0.3 is 11.5 Å². The fourth-order valence-electron chi connectivity index (χ4n) is 2.10. The van der Waals surface area contributed by atoms with Gasteiger partial charge in [-0.1, -0.05) is 0 Å². The zero-order valence-electron chi connectivity index (χ0n) is 12.9. The number of nitrogens with zero attached hydrogens (tertiary/aromatic N) is 2. The fourth-order valence-corrected chi connectivity index (χ4v) is 2.99. The standard InChI is InChI=1S/C14H15N5O4S/c1-7-5-9(10-3-4-12(20)19-18-10)11(24(2,22)23)6-8(7)13(21)17-14(15)16/h3-6H,1-2H3,(H,19,20)(H4,15,16,17,21). The van der Waals surface area contributed by atoms with E-state index in [1.807, 2.05) is 0 Å². The van der Waals surface area contributed by atoms with E-state index < -0.39 is 27.3 Å². The van der Waals surface area contributed by atoms with E-state index in [1.54, 1.807) is 6.92 Å². The van der Waals surface area contributed by atoms with E-state index in [2.05, 4.69) is 15.2 Å². The number of amides is 1. The van der Waals surface area contributed by atoms with Crippen LogP contribution in [0.5, 0.6) is 0 Å². The molecule has 0 aliphatic heterocycles. The van der Waals surface area contributed by atoms with Crippen molar-refractivity contribution in [1.82, 2.24) is 10.2 Å². The highest BCUT2D eigenvalue weighted by atomic mass is 32.2. The Hall–Kier alpha value is -3.01. The van der Waals surface area contributed by atoms with Crippen LogP contribution < -0.4 is 17.0 Å². The molecule has 2 rings (SSSR count). The molecule has 5 N–H and O–H groups in total. The topological polar surface area (TPSA) is 161 Å². The highest BCUT2D eigenvalue weighted by molar-refractivity contribution is 7.90. The number of guanidine groups is 1. The van der Waals surface area contributed by atoms with Crippen LogP contribution in [-0.2, 0) is 9.84 Å². The van der Waals surface area contributed by atoms with Crippen molar-refractivity contribution in [3.05, 3.63) is 45.7 Å². The first-order valence-electron chi connectivity index (χ1n) is 6.64. The van der Waals surface area contributed by atoms with E-state index in [-0.39, 0.29) is 21.7 Å². The molecule has 0 saturated heterocycles. The Bertz CT molecular complexity index is 984. The smallest absolute Gasteiger partial charge is 0.280 e. The van der Waals surface area contributed by atoms with Gasteiger partial charge in [0, 0.05) is 23.4 Å². The highest BCUT2D eigenvalue weighted by Crippen LogP contribution is 2.29. The number of H-pyrrole nitrogens is 1. The molecule has 0 fully saturated rings. The molecule has 2 aromatic rings. The number of aryl methyl sites for hydroxylation is 1. The minimum absolute atomic E-state index is 0.0528. The van der Waals surface area contributed by atoms with Gasteiger partial charge in [-0.15, -0.1) is 0 Å². The second kappa shape index (κ2) is 6.24. The van der Waals surface area contributed by atoms with Crippen LogP contribution in [0.1, 0.15) is 15.9 Å². The van der Waals surface area contributed by atoms with E-state index in [0.29, 0.717) is 5.56 Å². The maximum Gasteiger partial charge on any atom is 0.280 e. The summed E-state index contributed by atoms with van der Waals surface area (Å²) in [6, 6.07) is 5.29. The Balaban J connectivity index is 2.76. The third kappa shape index (κ3) is 3.66. The van der Waals surface area contributed by atoms with Crippen molar-refractivity contribution >= 4 is 21.7 Å². The summed E-state index contributed by atoms with van der Waals surface area (Å²) in [4.78, 5) is 26.5. The molecule has 126 valence electrons. The average molecular weight is 349 g/mol. The molecule has 0 aliphatic rings. The number of rotatable bonds is 3. The Morgan fingerprint density at radius 1 is 1.25 bits per heavy atom. The van der Waals surface area contributed by atoms with Crippen LogP contribution in [0.15, 0.2) is 38.9 Å². The van der Waals surface area contributed by atoms with Crippen molar-refractivity contribution in [2.75, 3.05) is 6.26 Å². The fraction of sp³-hybridized carbons (Fsp3) is 0.143. The van der Waals surface area contributed by atoms with E-state index in [1.165, 1.54) is 24.3 Å². The Morgan fingerprint density at radius 2 is 1.92 bits per heavy atom. The lowest BCUT2D eigenvalue weighted by Crippen LogP contribution is -2.24. The summed E-state index contributed by atoms with van der Waals surface area (Å²) >= 11 is 0. The van der Waals surface area contributed by atoms with Crippen molar-refractivity contribution in [2.45, 2.75) is 11.8 Å². The molecular weight excluding hydrogens is 334 g/mol. The molecule has 24 heavy (non-hydrogen) atoms. The lowest BCUT2D eigenvalue weighted by Gasteiger charge is -2.11. The third-order valence-corrected chi connectivity index (χ3v) is 4.28. The molecule has 0 spiro atoms. The number of nitrogens with two attached hydrogens (primary N) is 2. The predicted octanol–water partition coefficient (Wildman–Crippen LogP) is -0.438. The van der Waals surface area contributed by atoms with E-state index in [0.717, 1.165) is 6.26 Å². The normalized spacial score (nSPS) is 11.1. The van der Waals surface area contributed by atoms with Gasteiger partial charge in [0.25, 0.3) is 11.5 Å². The summed E-state index contributed by atoms with van der Waals surface area (Å²) in [7, 11) is -3.69. The minimum Gasteiger partial charge on any atom is -0.370 e. The van der Waals surface area contributed by atoms with Gasteiger partial charge in [0.05, 0.1) is 10.6 Å². The molecule has 1 aromatic heterocycles. The number of carbonyl (C=O) groups excluding carboxylic acids is 1. The summed E-state index contributed by atoms with van der Waals surface area (Å²) in [5, 5.41) is 6.07. The van der Waals surface area contributed by atoms with Crippen LogP contribution in [0.4, 0.5) is 0 Å². The molecule has 0 aliphatic carbocycles. The second-order valence-corrected chi connectivity index (χ2v) is 7.07. The lowest BCUT2D eigenvalue weighted by molar-refractivity contribution is 0.100. The van der Waals surface area contributed by atoms with Crippen LogP contribution >= 0.6 is 0 Å². The van der Waals surface area contributed by atoms with Crippen LogP contribution in [0.25, 0.3) is 11.3 Å². The molecule has 0 saturated carbocycles. The van der Waals surface area contributed by atoms with Gasteiger partial charge in [-0.25, -0.2) is 13.5 Å². The van der Waals surface area contributed by atoms with Gasteiger partial charge >= 0.3 is 0 Å². The Morgan fingerprint density at radius 3 is 2.42 bits per heavy atom. The summed E-state index contributed by atoms with van der Waals surface area (Å²) in [5.74, 6) is -1.18. The quantitative estimate of drug-likeness (QED) is 0.500. The van der Waals surface area contributed by atoms with E-state index >= 15 is 0 Å². The lowest BCUT2D eigenvalue weighted by atomic mass is 10.0. The molecular formula is C14H15N5O4S. The van der Waals surface area contributed by atoms with Gasteiger partial charge in [-0.05, 0) is 30.7 Å². The van der Waals surface area contributed by atoms with Crippen molar-refractivity contribution in [3.63, 3.8) is 0 Å².